The van der Waals surface area contributed by atoms with Crippen molar-refractivity contribution in [2.75, 3.05) is 19.0 Å². The topological polar surface area (TPSA) is 29.3 Å². The van der Waals surface area contributed by atoms with E-state index in [0.717, 1.165) is 4.90 Å². The van der Waals surface area contributed by atoms with E-state index in [9.17, 15) is 0 Å². The van der Waals surface area contributed by atoms with E-state index in [-0.39, 0.29) is 0 Å². The molecule has 60 valence electrons. The van der Waals surface area contributed by atoms with E-state index in [1.54, 1.807) is 0 Å². The van der Waals surface area contributed by atoms with Crippen molar-refractivity contribution in [2.24, 2.45) is 5.14 Å². The zero-order chi connectivity index (χ0) is 8.27. The van der Waals surface area contributed by atoms with Crippen molar-refractivity contribution in [3.63, 3.8) is 0 Å². The van der Waals surface area contributed by atoms with E-state index in [4.69, 9.17) is 5.14 Å². The molecule has 0 saturated heterocycles. The van der Waals surface area contributed by atoms with E-state index in [1.165, 1.54) is 17.6 Å². The maximum absolute atomic E-state index is 5.38. The Morgan fingerprint density at radius 2 is 1.73 bits per heavy atom. The molecular formula is C8H12N2S. The standard InChI is InChI=1S/C8H12N2S/c1-10(2)7-3-5-8(11-9)6-4-7/h3-6H,9H2,1-2H3. The Kier molecular flexibility index (Phi) is 2.79. The fourth-order valence-corrected chi connectivity index (χ4v) is 1.12. The quantitative estimate of drug-likeness (QED) is 0.682. The van der Waals surface area contributed by atoms with Gasteiger partial charge in [0, 0.05) is 24.7 Å². The molecule has 0 atom stereocenters. The Morgan fingerprint density at radius 1 is 1.18 bits per heavy atom. The molecule has 0 bridgehead atoms. The molecule has 0 radical (unpaired) electrons. The van der Waals surface area contributed by atoms with Gasteiger partial charge in [-0.25, -0.2) is 0 Å². The van der Waals surface area contributed by atoms with Gasteiger partial charge in [0.25, 0.3) is 0 Å². The van der Waals surface area contributed by atoms with Gasteiger partial charge in [0.05, 0.1) is 0 Å². The SMILES string of the molecule is CN(C)c1ccc(SN)cc1. The Morgan fingerprint density at radius 3 is 2.09 bits per heavy atom. The van der Waals surface area contributed by atoms with Crippen LogP contribution >= 0.6 is 11.9 Å². The van der Waals surface area contributed by atoms with E-state index < -0.39 is 0 Å². The van der Waals surface area contributed by atoms with Gasteiger partial charge in [-0.05, 0) is 36.2 Å². The summed E-state index contributed by atoms with van der Waals surface area (Å²) in [5.74, 6) is 0. The summed E-state index contributed by atoms with van der Waals surface area (Å²) in [6.45, 7) is 0. The average molecular weight is 168 g/mol. The predicted octanol–water partition coefficient (Wildman–Crippen LogP) is 1.72. The van der Waals surface area contributed by atoms with Crippen LogP contribution in [0, 0.1) is 0 Å². The molecule has 11 heavy (non-hydrogen) atoms. The van der Waals surface area contributed by atoms with Crippen molar-refractivity contribution in [1.82, 2.24) is 0 Å². The van der Waals surface area contributed by atoms with Crippen LogP contribution in [0.2, 0.25) is 0 Å². The molecule has 2 nitrogen and oxygen atoms in total. The lowest BCUT2D eigenvalue weighted by Crippen LogP contribution is -2.07. The molecule has 0 aliphatic heterocycles. The molecule has 0 heterocycles. The second kappa shape index (κ2) is 3.64. The lowest BCUT2D eigenvalue weighted by atomic mass is 10.3. The summed E-state index contributed by atoms with van der Waals surface area (Å²) in [4.78, 5) is 3.15. The highest BCUT2D eigenvalue weighted by Gasteiger charge is 1.93. The highest BCUT2D eigenvalue weighted by Crippen LogP contribution is 2.16. The van der Waals surface area contributed by atoms with Crippen molar-refractivity contribution in [3.05, 3.63) is 24.3 Å². The molecule has 0 amide bonds. The number of nitrogens with zero attached hydrogens (tertiary/aromatic N) is 1. The maximum atomic E-state index is 5.38. The van der Waals surface area contributed by atoms with Crippen molar-refractivity contribution in [1.29, 1.82) is 0 Å². The first-order chi connectivity index (χ1) is 5.24. The first-order valence-electron chi connectivity index (χ1n) is 3.38. The molecule has 0 spiro atoms. The van der Waals surface area contributed by atoms with Gasteiger partial charge in [0.1, 0.15) is 0 Å². The van der Waals surface area contributed by atoms with Gasteiger partial charge in [0.2, 0.25) is 0 Å². The van der Waals surface area contributed by atoms with Crippen molar-refractivity contribution >= 4 is 17.6 Å². The number of rotatable bonds is 2. The fourth-order valence-electron chi connectivity index (χ4n) is 0.823. The van der Waals surface area contributed by atoms with E-state index in [1.807, 2.05) is 26.2 Å². The summed E-state index contributed by atoms with van der Waals surface area (Å²) in [7, 11) is 4.04. The van der Waals surface area contributed by atoms with Gasteiger partial charge < -0.3 is 4.90 Å². The molecule has 0 aromatic heterocycles. The van der Waals surface area contributed by atoms with Crippen molar-refractivity contribution in [2.45, 2.75) is 4.90 Å². The lowest BCUT2D eigenvalue weighted by molar-refractivity contribution is 1.13. The zero-order valence-corrected chi connectivity index (χ0v) is 7.56. The minimum absolute atomic E-state index is 1.09. The molecule has 1 aromatic rings. The smallest absolute Gasteiger partial charge is 0.0361 e. The van der Waals surface area contributed by atoms with Crippen LogP contribution in [0.15, 0.2) is 29.2 Å². The second-order valence-corrected chi connectivity index (χ2v) is 3.21. The van der Waals surface area contributed by atoms with Gasteiger partial charge >= 0.3 is 0 Å². The Labute approximate surface area is 71.5 Å². The van der Waals surface area contributed by atoms with Crippen LogP contribution in [0.25, 0.3) is 0 Å². The molecule has 0 aliphatic rings. The van der Waals surface area contributed by atoms with Gasteiger partial charge in [-0.1, -0.05) is 0 Å². The van der Waals surface area contributed by atoms with Crippen LogP contribution in [0.3, 0.4) is 0 Å². The Hall–Kier alpha value is -0.670. The molecule has 0 unspecified atom stereocenters. The predicted molar refractivity (Wildman–Crippen MR) is 50.8 cm³/mol. The Balaban J connectivity index is 2.83. The Bertz CT molecular complexity index is 218. The van der Waals surface area contributed by atoms with Gasteiger partial charge in [-0.3, -0.25) is 5.14 Å². The van der Waals surface area contributed by atoms with Crippen LogP contribution in [-0.4, -0.2) is 14.1 Å². The first kappa shape index (κ1) is 8.43. The largest absolute Gasteiger partial charge is 0.378 e. The van der Waals surface area contributed by atoms with Crippen molar-refractivity contribution < 1.29 is 0 Å². The third-order valence-electron chi connectivity index (χ3n) is 1.49. The summed E-state index contributed by atoms with van der Waals surface area (Å²) in [5.41, 5.74) is 1.20. The maximum Gasteiger partial charge on any atom is 0.0361 e. The highest BCUT2D eigenvalue weighted by molar-refractivity contribution is 7.97. The van der Waals surface area contributed by atoms with Crippen LogP contribution in [0.4, 0.5) is 5.69 Å². The zero-order valence-electron chi connectivity index (χ0n) is 6.74. The summed E-state index contributed by atoms with van der Waals surface area (Å²) in [6.07, 6.45) is 0. The summed E-state index contributed by atoms with van der Waals surface area (Å²) in [5, 5.41) is 5.38. The van der Waals surface area contributed by atoms with E-state index in [0.29, 0.717) is 0 Å². The number of hydrogen-bond donors (Lipinski definition) is 1. The molecule has 1 aromatic carbocycles. The first-order valence-corrected chi connectivity index (χ1v) is 4.26. The highest BCUT2D eigenvalue weighted by atomic mass is 32.2. The molecule has 1 rings (SSSR count). The molecular weight excluding hydrogens is 156 g/mol. The van der Waals surface area contributed by atoms with Crippen LogP contribution in [0.5, 0.6) is 0 Å². The third-order valence-corrected chi connectivity index (χ3v) is 2.03. The van der Waals surface area contributed by atoms with Crippen molar-refractivity contribution in [3.8, 4) is 0 Å². The molecule has 3 heteroatoms. The lowest BCUT2D eigenvalue weighted by Gasteiger charge is -2.11. The van der Waals surface area contributed by atoms with E-state index >= 15 is 0 Å². The number of benzene rings is 1. The molecule has 2 N–H and O–H groups in total. The molecule has 0 fully saturated rings. The monoisotopic (exact) mass is 168 g/mol. The second-order valence-electron chi connectivity index (χ2n) is 2.51. The normalized spacial score (nSPS) is 9.73. The minimum atomic E-state index is 1.09. The van der Waals surface area contributed by atoms with Gasteiger partial charge in [-0.15, -0.1) is 0 Å². The average Bonchev–Trinajstić information content (AvgIpc) is 2.05. The fraction of sp³-hybridized carbons (Fsp3) is 0.250. The van der Waals surface area contributed by atoms with E-state index in [2.05, 4.69) is 17.0 Å². The van der Waals surface area contributed by atoms with Crippen LogP contribution < -0.4 is 10.0 Å². The number of hydrogen-bond acceptors (Lipinski definition) is 3. The molecule has 0 saturated carbocycles. The third kappa shape index (κ3) is 2.13. The summed E-state index contributed by atoms with van der Waals surface area (Å²) >= 11 is 1.27. The minimum Gasteiger partial charge on any atom is -0.378 e. The number of nitrogens with two attached hydrogens (primary N) is 1. The van der Waals surface area contributed by atoms with Crippen LogP contribution in [-0.2, 0) is 0 Å². The van der Waals surface area contributed by atoms with Gasteiger partial charge in [-0.2, -0.15) is 0 Å². The van der Waals surface area contributed by atoms with Gasteiger partial charge in [0.15, 0.2) is 0 Å². The number of anilines is 1. The summed E-state index contributed by atoms with van der Waals surface area (Å²) < 4.78 is 0. The molecule has 0 aliphatic carbocycles. The van der Waals surface area contributed by atoms with Crippen LogP contribution in [0.1, 0.15) is 0 Å². The summed E-state index contributed by atoms with van der Waals surface area (Å²) in [6, 6.07) is 8.13.